The third-order valence-electron chi connectivity index (χ3n) is 2.08. The van der Waals surface area contributed by atoms with E-state index in [4.69, 9.17) is 16.3 Å². The first kappa shape index (κ1) is 14.5. The van der Waals surface area contributed by atoms with Gasteiger partial charge in [0.05, 0.1) is 16.9 Å². The van der Waals surface area contributed by atoms with Crippen molar-refractivity contribution in [3.63, 3.8) is 0 Å². The van der Waals surface area contributed by atoms with Crippen molar-refractivity contribution in [3.05, 3.63) is 53.1 Å². The van der Waals surface area contributed by atoms with Gasteiger partial charge in [0, 0.05) is 12.4 Å². The maximum atomic E-state index is 6.03. The van der Waals surface area contributed by atoms with Crippen molar-refractivity contribution in [2.75, 3.05) is 0 Å². The van der Waals surface area contributed by atoms with Gasteiger partial charge in [0.2, 0.25) is 0 Å². The summed E-state index contributed by atoms with van der Waals surface area (Å²) in [7, 11) is 0. The van der Waals surface area contributed by atoms with Crippen molar-refractivity contribution in [2.45, 2.75) is 27.4 Å². The summed E-state index contributed by atoms with van der Waals surface area (Å²) < 4.78 is 5.54. The van der Waals surface area contributed by atoms with Gasteiger partial charge in [-0.15, -0.1) is 0 Å². The molecule has 0 saturated heterocycles. The van der Waals surface area contributed by atoms with Crippen molar-refractivity contribution in [1.82, 2.24) is 9.97 Å². The fourth-order valence-corrected chi connectivity index (χ4v) is 1.57. The standard InChI is InChI=1S/C12H11ClN2O.C2H6/c1-9-2-3-12(11(13)6-9)16-8-10-7-14-4-5-15-10;1-2/h2-7H,8H2,1H3;1-2H3. The Morgan fingerprint density at radius 2 is 2.00 bits per heavy atom. The molecule has 1 heterocycles. The van der Waals surface area contributed by atoms with E-state index in [9.17, 15) is 0 Å². The van der Waals surface area contributed by atoms with Gasteiger partial charge in [-0.05, 0) is 24.6 Å². The molecule has 0 spiro atoms. The highest BCUT2D eigenvalue weighted by molar-refractivity contribution is 6.32. The summed E-state index contributed by atoms with van der Waals surface area (Å²) in [4.78, 5) is 8.07. The minimum absolute atomic E-state index is 0.372. The third-order valence-corrected chi connectivity index (χ3v) is 2.37. The molecule has 1 aromatic heterocycles. The summed E-state index contributed by atoms with van der Waals surface area (Å²) in [5.41, 5.74) is 1.89. The first-order chi connectivity index (χ1) is 8.75. The van der Waals surface area contributed by atoms with E-state index in [0.717, 1.165) is 11.3 Å². The van der Waals surface area contributed by atoms with Gasteiger partial charge in [-0.25, -0.2) is 0 Å². The van der Waals surface area contributed by atoms with Crippen LogP contribution in [0, 0.1) is 6.92 Å². The summed E-state index contributed by atoms with van der Waals surface area (Å²) >= 11 is 6.03. The lowest BCUT2D eigenvalue weighted by Crippen LogP contribution is -1.98. The maximum absolute atomic E-state index is 6.03. The van der Waals surface area contributed by atoms with Crippen molar-refractivity contribution < 1.29 is 4.74 Å². The first-order valence-electron chi connectivity index (χ1n) is 5.89. The molecule has 4 heteroatoms. The number of aromatic nitrogens is 2. The molecule has 0 radical (unpaired) electrons. The molecule has 2 aromatic rings. The van der Waals surface area contributed by atoms with E-state index in [2.05, 4.69) is 9.97 Å². The summed E-state index contributed by atoms with van der Waals surface area (Å²) in [6, 6.07) is 5.68. The predicted molar refractivity (Wildman–Crippen MR) is 73.9 cm³/mol. The van der Waals surface area contributed by atoms with Crippen LogP contribution in [0.25, 0.3) is 0 Å². The van der Waals surface area contributed by atoms with Crippen LogP contribution in [0.1, 0.15) is 25.1 Å². The van der Waals surface area contributed by atoms with Crippen molar-refractivity contribution in [2.24, 2.45) is 0 Å². The molecule has 0 aliphatic heterocycles. The van der Waals surface area contributed by atoms with Crippen LogP contribution in [-0.4, -0.2) is 9.97 Å². The molecule has 0 bridgehead atoms. The van der Waals surface area contributed by atoms with Gasteiger partial charge in [0.1, 0.15) is 12.4 Å². The van der Waals surface area contributed by atoms with E-state index >= 15 is 0 Å². The molecule has 0 N–H and O–H groups in total. The number of ether oxygens (including phenoxy) is 1. The fraction of sp³-hybridized carbons (Fsp3) is 0.286. The Bertz CT molecular complexity index is 474. The number of benzene rings is 1. The van der Waals surface area contributed by atoms with Crippen LogP contribution < -0.4 is 4.74 Å². The van der Waals surface area contributed by atoms with Crippen molar-refractivity contribution >= 4 is 11.6 Å². The lowest BCUT2D eigenvalue weighted by atomic mass is 10.2. The quantitative estimate of drug-likeness (QED) is 0.839. The highest BCUT2D eigenvalue weighted by Crippen LogP contribution is 2.25. The number of hydrogen-bond acceptors (Lipinski definition) is 3. The Morgan fingerprint density at radius 1 is 1.22 bits per heavy atom. The van der Waals surface area contributed by atoms with E-state index in [1.807, 2.05) is 39.0 Å². The average Bonchev–Trinajstić information content (AvgIpc) is 2.41. The second kappa shape index (κ2) is 7.67. The summed E-state index contributed by atoms with van der Waals surface area (Å²) in [5, 5.41) is 0.615. The molecule has 0 aliphatic rings. The zero-order valence-corrected chi connectivity index (χ0v) is 11.6. The minimum atomic E-state index is 0.372. The van der Waals surface area contributed by atoms with E-state index in [1.165, 1.54) is 0 Å². The minimum Gasteiger partial charge on any atom is -0.486 e. The van der Waals surface area contributed by atoms with Gasteiger partial charge < -0.3 is 4.74 Å². The lowest BCUT2D eigenvalue weighted by molar-refractivity contribution is 0.301. The largest absolute Gasteiger partial charge is 0.486 e. The predicted octanol–water partition coefficient (Wildman–Crippen LogP) is 4.04. The van der Waals surface area contributed by atoms with E-state index in [-0.39, 0.29) is 0 Å². The topological polar surface area (TPSA) is 35.0 Å². The van der Waals surface area contributed by atoms with Gasteiger partial charge in [-0.3, -0.25) is 9.97 Å². The Balaban J connectivity index is 0.000000771. The Labute approximate surface area is 113 Å². The van der Waals surface area contributed by atoms with Crippen LogP contribution in [0.4, 0.5) is 0 Å². The van der Waals surface area contributed by atoms with E-state index in [1.54, 1.807) is 18.6 Å². The van der Waals surface area contributed by atoms with Gasteiger partial charge >= 0.3 is 0 Å². The van der Waals surface area contributed by atoms with Gasteiger partial charge in [-0.1, -0.05) is 31.5 Å². The second-order valence-corrected chi connectivity index (χ2v) is 3.83. The number of aryl methyl sites for hydroxylation is 1. The molecule has 0 fully saturated rings. The van der Waals surface area contributed by atoms with Crippen LogP contribution in [0.2, 0.25) is 5.02 Å². The highest BCUT2D eigenvalue weighted by Gasteiger charge is 2.02. The molecule has 0 amide bonds. The number of hydrogen-bond donors (Lipinski definition) is 0. The maximum Gasteiger partial charge on any atom is 0.138 e. The number of halogens is 1. The Hall–Kier alpha value is -1.61. The third kappa shape index (κ3) is 4.34. The molecular formula is C14H17ClN2O. The van der Waals surface area contributed by atoms with Crippen LogP contribution in [0.3, 0.4) is 0 Å². The normalized spacial score (nSPS) is 9.33. The molecule has 18 heavy (non-hydrogen) atoms. The highest BCUT2D eigenvalue weighted by atomic mass is 35.5. The van der Waals surface area contributed by atoms with Gasteiger partial charge in [0.15, 0.2) is 0 Å². The van der Waals surface area contributed by atoms with Crippen LogP contribution in [0.5, 0.6) is 5.75 Å². The molecule has 1 aromatic carbocycles. The Kier molecular flexibility index (Phi) is 6.15. The summed E-state index contributed by atoms with van der Waals surface area (Å²) in [6.07, 6.45) is 4.93. The monoisotopic (exact) mass is 264 g/mol. The van der Waals surface area contributed by atoms with Crippen LogP contribution in [-0.2, 0) is 6.61 Å². The molecule has 0 saturated carbocycles. The summed E-state index contributed by atoms with van der Waals surface area (Å²) in [5.74, 6) is 0.665. The number of rotatable bonds is 3. The molecule has 0 unspecified atom stereocenters. The molecule has 2 rings (SSSR count). The molecule has 0 atom stereocenters. The SMILES string of the molecule is CC.Cc1ccc(OCc2cnccn2)c(Cl)c1. The first-order valence-corrected chi connectivity index (χ1v) is 6.27. The van der Waals surface area contributed by atoms with Crippen molar-refractivity contribution in [1.29, 1.82) is 0 Å². The lowest BCUT2D eigenvalue weighted by Gasteiger charge is -2.07. The Morgan fingerprint density at radius 3 is 2.61 bits per heavy atom. The van der Waals surface area contributed by atoms with Crippen LogP contribution in [0.15, 0.2) is 36.8 Å². The second-order valence-electron chi connectivity index (χ2n) is 3.42. The van der Waals surface area contributed by atoms with Gasteiger partial charge in [-0.2, -0.15) is 0 Å². The fourth-order valence-electron chi connectivity index (χ4n) is 1.28. The van der Waals surface area contributed by atoms with Gasteiger partial charge in [0.25, 0.3) is 0 Å². The molecule has 3 nitrogen and oxygen atoms in total. The van der Waals surface area contributed by atoms with E-state index in [0.29, 0.717) is 17.4 Å². The number of nitrogens with zero attached hydrogens (tertiary/aromatic N) is 2. The molecular weight excluding hydrogens is 248 g/mol. The molecule has 96 valence electrons. The van der Waals surface area contributed by atoms with E-state index < -0.39 is 0 Å². The van der Waals surface area contributed by atoms with Crippen molar-refractivity contribution in [3.8, 4) is 5.75 Å². The zero-order chi connectivity index (χ0) is 13.4. The van der Waals surface area contributed by atoms with Crippen LogP contribution >= 0.6 is 11.6 Å². The average molecular weight is 265 g/mol. The smallest absolute Gasteiger partial charge is 0.138 e. The zero-order valence-electron chi connectivity index (χ0n) is 10.9. The summed E-state index contributed by atoms with van der Waals surface area (Å²) in [6.45, 7) is 6.36. The molecule has 0 aliphatic carbocycles.